The number of hydrogen-bond donors (Lipinski definition) is 2. The van der Waals surface area contributed by atoms with Crippen LogP contribution in [0, 0.1) is 6.92 Å². The molecule has 1 aliphatic heterocycles. The molecule has 2 heterocycles. The Morgan fingerprint density at radius 1 is 1.41 bits per heavy atom. The number of aromatic nitrogens is 1. The average molecular weight is 455 g/mol. The number of rotatable bonds is 5. The Morgan fingerprint density at radius 3 is 2.89 bits per heavy atom. The van der Waals surface area contributed by atoms with Crippen LogP contribution >= 0.6 is 15.9 Å². The Morgan fingerprint density at radius 2 is 2.19 bits per heavy atom. The molecule has 9 heteroatoms. The van der Waals surface area contributed by atoms with E-state index < -0.39 is 10.0 Å². The Bertz CT molecular complexity index is 936. The second kappa shape index (κ2) is 8.04. The van der Waals surface area contributed by atoms with Crippen LogP contribution in [0.15, 0.2) is 39.8 Å². The second-order valence-corrected chi connectivity index (χ2v) is 8.91. The molecule has 0 spiro atoms. The predicted molar refractivity (Wildman–Crippen MR) is 110 cm³/mol. The third kappa shape index (κ3) is 4.53. The first-order valence-corrected chi connectivity index (χ1v) is 11.0. The zero-order chi connectivity index (χ0) is 19.6. The molecule has 0 bridgehead atoms. The highest BCUT2D eigenvalue weighted by atomic mass is 79.9. The molecule has 0 saturated carbocycles. The van der Waals surface area contributed by atoms with E-state index in [1.54, 1.807) is 14.0 Å². The largest absolute Gasteiger partial charge is 0.497 e. The molecular weight excluding hydrogens is 432 g/mol. The van der Waals surface area contributed by atoms with Gasteiger partial charge in [-0.1, -0.05) is 6.07 Å². The molecule has 1 unspecified atom stereocenters. The lowest BCUT2D eigenvalue weighted by molar-refractivity contribution is 0.414. The van der Waals surface area contributed by atoms with Crippen molar-refractivity contribution in [1.29, 1.82) is 0 Å². The van der Waals surface area contributed by atoms with Crippen molar-refractivity contribution in [3.8, 4) is 5.75 Å². The number of benzene rings is 1. The van der Waals surface area contributed by atoms with Crippen molar-refractivity contribution >= 4 is 37.5 Å². The van der Waals surface area contributed by atoms with E-state index in [2.05, 4.69) is 37.2 Å². The van der Waals surface area contributed by atoms with E-state index >= 15 is 0 Å². The van der Waals surface area contributed by atoms with Gasteiger partial charge in [-0.2, -0.15) is 0 Å². The fourth-order valence-corrected chi connectivity index (χ4v) is 4.57. The van der Waals surface area contributed by atoms with Gasteiger partial charge in [-0.25, -0.2) is 18.5 Å². The summed E-state index contributed by atoms with van der Waals surface area (Å²) >= 11 is 3.45. The predicted octanol–water partition coefficient (Wildman–Crippen LogP) is 2.89. The number of ether oxygens (including phenoxy) is 1. The minimum Gasteiger partial charge on any atom is -0.497 e. The van der Waals surface area contributed by atoms with Gasteiger partial charge in [0.15, 0.2) is 0 Å². The molecule has 1 aliphatic rings. The first-order chi connectivity index (χ1) is 12.8. The summed E-state index contributed by atoms with van der Waals surface area (Å²) in [5.74, 6) is 1.46. The van der Waals surface area contributed by atoms with Crippen molar-refractivity contribution in [3.63, 3.8) is 0 Å². The van der Waals surface area contributed by atoms with Crippen molar-refractivity contribution in [2.75, 3.05) is 30.4 Å². The Kier molecular flexibility index (Phi) is 5.92. The van der Waals surface area contributed by atoms with E-state index in [4.69, 9.17) is 9.88 Å². The lowest BCUT2D eigenvalue weighted by Crippen LogP contribution is -2.42. The molecule has 1 aromatic heterocycles. The van der Waals surface area contributed by atoms with Crippen LogP contribution in [0.3, 0.4) is 0 Å². The number of nitrogens with two attached hydrogens (primary N) is 1. The van der Waals surface area contributed by atoms with Crippen molar-refractivity contribution in [1.82, 2.24) is 4.98 Å². The number of pyridine rings is 1. The van der Waals surface area contributed by atoms with Gasteiger partial charge in [0, 0.05) is 37.1 Å². The first-order valence-electron chi connectivity index (χ1n) is 8.63. The zero-order valence-corrected chi connectivity index (χ0v) is 17.7. The summed E-state index contributed by atoms with van der Waals surface area (Å²) in [5.41, 5.74) is 1.67. The first kappa shape index (κ1) is 19.9. The molecule has 3 rings (SSSR count). The zero-order valence-electron chi connectivity index (χ0n) is 15.3. The van der Waals surface area contributed by atoms with Crippen molar-refractivity contribution in [2.45, 2.75) is 30.7 Å². The molecule has 2 aromatic rings. The summed E-state index contributed by atoms with van der Waals surface area (Å²) < 4.78 is 29.2. The van der Waals surface area contributed by atoms with Crippen molar-refractivity contribution in [3.05, 3.63) is 40.5 Å². The van der Waals surface area contributed by atoms with E-state index in [1.807, 2.05) is 18.2 Å². The number of nitrogens with one attached hydrogen (secondary N) is 1. The molecule has 1 fully saturated rings. The molecule has 3 N–H and O–H groups in total. The number of piperidine rings is 1. The van der Waals surface area contributed by atoms with Gasteiger partial charge in [-0.15, -0.1) is 0 Å². The van der Waals surface area contributed by atoms with Crippen LogP contribution in [0.5, 0.6) is 5.75 Å². The van der Waals surface area contributed by atoms with Gasteiger partial charge in [-0.05, 0) is 53.4 Å². The van der Waals surface area contributed by atoms with Gasteiger partial charge < -0.3 is 15.0 Å². The summed E-state index contributed by atoms with van der Waals surface area (Å²) in [6, 6.07) is 8.21. The van der Waals surface area contributed by atoms with Crippen LogP contribution in [-0.2, 0) is 10.0 Å². The molecule has 27 heavy (non-hydrogen) atoms. The van der Waals surface area contributed by atoms with Crippen molar-refractivity contribution < 1.29 is 13.2 Å². The highest BCUT2D eigenvalue weighted by Gasteiger charge is 2.23. The number of halogens is 1. The van der Waals surface area contributed by atoms with Crippen LogP contribution in [0.1, 0.15) is 18.4 Å². The lowest BCUT2D eigenvalue weighted by Gasteiger charge is -2.35. The Hall–Kier alpha value is -1.84. The lowest BCUT2D eigenvalue weighted by atomic mass is 10.0. The molecule has 7 nitrogen and oxygen atoms in total. The van der Waals surface area contributed by atoms with Crippen LogP contribution in [-0.4, -0.2) is 39.6 Å². The topological polar surface area (TPSA) is 97.5 Å². The molecule has 0 aliphatic carbocycles. The fraction of sp³-hybridized carbons (Fsp3) is 0.389. The van der Waals surface area contributed by atoms with Gasteiger partial charge in [0.1, 0.15) is 16.5 Å². The normalized spacial score (nSPS) is 17.6. The highest BCUT2D eigenvalue weighted by Crippen LogP contribution is 2.30. The Balaban J connectivity index is 1.77. The standard InChI is InChI=1S/C18H23BrN4O3S/c1-12-16(27(20,24)25)10-21-18(17(12)19)22-13-5-4-8-23(11-13)14-6-3-7-15(9-14)26-2/h3,6-7,9-10,13H,4-5,8,11H2,1-2H3,(H,21,22)(H2,20,24,25). The van der Waals surface area contributed by atoms with Gasteiger partial charge in [0.05, 0.1) is 11.6 Å². The summed E-state index contributed by atoms with van der Waals surface area (Å²) in [6.45, 7) is 3.50. The minimum absolute atomic E-state index is 0.0292. The van der Waals surface area contributed by atoms with Crippen LogP contribution in [0.2, 0.25) is 0 Å². The van der Waals surface area contributed by atoms with Crippen molar-refractivity contribution in [2.24, 2.45) is 5.14 Å². The smallest absolute Gasteiger partial charge is 0.239 e. The van der Waals surface area contributed by atoms with Gasteiger partial charge >= 0.3 is 0 Å². The average Bonchev–Trinajstić information content (AvgIpc) is 2.65. The summed E-state index contributed by atoms with van der Waals surface area (Å²) in [5, 5.41) is 8.67. The third-order valence-corrected chi connectivity index (χ3v) is 6.70. The Labute approximate surface area is 168 Å². The van der Waals surface area contributed by atoms with E-state index in [0.717, 1.165) is 37.4 Å². The van der Waals surface area contributed by atoms with Crippen LogP contribution < -0.4 is 20.1 Å². The molecular formula is C18H23BrN4O3S. The van der Waals surface area contributed by atoms with Crippen LogP contribution in [0.4, 0.5) is 11.5 Å². The fourth-order valence-electron chi connectivity index (χ4n) is 3.28. The number of hydrogen-bond acceptors (Lipinski definition) is 6. The third-order valence-electron chi connectivity index (χ3n) is 4.70. The molecule has 0 amide bonds. The van der Waals surface area contributed by atoms with E-state index in [1.165, 1.54) is 6.20 Å². The minimum atomic E-state index is -3.80. The number of primary sulfonamides is 1. The number of nitrogens with zero attached hydrogens (tertiary/aromatic N) is 2. The SMILES string of the molecule is COc1cccc(N2CCCC(Nc3ncc(S(N)(=O)=O)c(C)c3Br)C2)c1. The molecule has 1 aromatic carbocycles. The van der Waals surface area contributed by atoms with Crippen LogP contribution in [0.25, 0.3) is 0 Å². The van der Waals surface area contributed by atoms with Gasteiger partial charge in [-0.3, -0.25) is 0 Å². The maximum absolute atomic E-state index is 11.6. The second-order valence-electron chi connectivity index (χ2n) is 6.59. The van der Waals surface area contributed by atoms with E-state index in [0.29, 0.717) is 15.9 Å². The molecule has 1 saturated heterocycles. The summed E-state index contributed by atoms with van der Waals surface area (Å²) in [7, 11) is -2.13. The van der Waals surface area contributed by atoms with Gasteiger partial charge in [0.2, 0.25) is 10.0 Å². The number of sulfonamides is 1. The summed E-state index contributed by atoms with van der Waals surface area (Å²) in [4.78, 5) is 6.61. The van der Waals surface area contributed by atoms with E-state index in [9.17, 15) is 8.42 Å². The summed E-state index contributed by atoms with van der Waals surface area (Å²) in [6.07, 6.45) is 3.35. The molecule has 1 atom stereocenters. The number of methoxy groups -OCH3 is 1. The molecule has 0 radical (unpaired) electrons. The maximum Gasteiger partial charge on any atom is 0.239 e. The maximum atomic E-state index is 11.6. The number of anilines is 2. The highest BCUT2D eigenvalue weighted by molar-refractivity contribution is 9.10. The quantitative estimate of drug-likeness (QED) is 0.720. The van der Waals surface area contributed by atoms with Gasteiger partial charge in [0.25, 0.3) is 0 Å². The van der Waals surface area contributed by atoms with E-state index in [-0.39, 0.29) is 10.9 Å². The monoisotopic (exact) mass is 454 g/mol. The molecule has 146 valence electrons.